The molecule has 1 atom stereocenters. The molecule has 0 fully saturated rings. The topological polar surface area (TPSA) is 52.0 Å². The van der Waals surface area contributed by atoms with Crippen LogP contribution in [-0.4, -0.2) is 28.3 Å². The number of nitrogens with one attached hydrogen (secondary N) is 1. The van der Waals surface area contributed by atoms with Crippen molar-refractivity contribution in [2.24, 2.45) is 0 Å². The van der Waals surface area contributed by atoms with E-state index in [1.165, 1.54) is 0 Å². The van der Waals surface area contributed by atoms with Gasteiger partial charge in [-0.15, -0.1) is 0 Å². The van der Waals surface area contributed by atoms with Crippen molar-refractivity contribution < 1.29 is 4.74 Å². The molecule has 1 aromatic carbocycles. The molecule has 0 saturated carbocycles. The summed E-state index contributed by atoms with van der Waals surface area (Å²) in [4.78, 5) is 8.55. The van der Waals surface area contributed by atoms with Gasteiger partial charge in [0.05, 0.1) is 12.6 Å². The van der Waals surface area contributed by atoms with Crippen LogP contribution in [0.3, 0.4) is 0 Å². The maximum Gasteiger partial charge on any atom is 0.142 e. The Morgan fingerprint density at radius 3 is 2.75 bits per heavy atom. The van der Waals surface area contributed by atoms with Crippen molar-refractivity contribution in [2.75, 3.05) is 13.7 Å². The number of imidazole rings is 1. The molecular weight excluding hydrogens is 324 g/mol. The summed E-state index contributed by atoms with van der Waals surface area (Å²) in [5, 5.41) is 4.26. The monoisotopic (exact) mass is 342 g/mol. The van der Waals surface area contributed by atoms with Crippen molar-refractivity contribution in [3.05, 3.63) is 77.5 Å². The Morgan fingerprint density at radius 1 is 1.21 bits per heavy atom. The van der Waals surface area contributed by atoms with Gasteiger partial charge in [-0.3, -0.25) is 4.57 Å². The summed E-state index contributed by atoms with van der Waals surface area (Å²) >= 11 is 5.98. The van der Waals surface area contributed by atoms with Crippen LogP contribution >= 0.6 is 11.6 Å². The first kappa shape index (κ1) is 16.6. The summed E-state index contributed by atoms with van der Waals surface area (Å²) in [7, 11) is 1.70. The van der Waals surface area contributed by atoms with Crippen LogP contribution < -0.4 is 5.32 Å². The SMILES string of the molecule is COCC(NCc1cccnc1-n1ccnc1)c1ccc(Cl)cc1. The molecule has 3 aromatic rings. The van der Waals surface area contributed by atoms with E-state index in [-0.39, 0.29) is 6.04 Å². The zero-order chi connectivity index (χ0) is 16.8. The number of methoxy groups -OCH3 is 1. The molecule has 0 radical (unpaired) electrons. The second kappa shape index (κ2) is 8.06. The minimum absolute atomic E-state index is 0.0723. The highest BCUT2D eigenvalue weighted by Gasteiger charge is 2.13. The minimum atomic E-state index is 0.0723. The van der Waals surface area contributed by atoms with Gasteiger partial charge in [0.15, 0.2) is 0 Å². The van der Waals surface area contributed by atoms with Gasteiger partial charge in [-0.1, -0.05) is 29.8 Å². The fraction of sp³-hybridized carbons (Fsp3) is 0.222. The molecule has 0 saturated heterocycles. The lowest BCUT2D eigenvalue weighted by atomic mass is 10.1. The highest BCUT2D eigenvalue weighted by atomic mass is 35.5. The number of hydrogen-bond donors (Lipinski definition) is 1. The Kier molecular flexibility index (Phi) is 5.59. The molecule has 24 heavy (non-hydrogen) atoms. The molecule has 0 aliphatic heterocycles. The predicted molar refractivity (Wildman–Crippen MR) is 94.3 cm³/mol. The van der Waals surface area contributed by atoms with E-state index >= 15 is 0 Å². The van der Waals surface area contributed by atoms with Gasteiger partial charge in [-0.05, 0) is 23.8 Å². The van der Waals surface area contributed by atoms with Crippen molar-refractivity contribution in [2.45, 2.75) is 12.6 Å². The van der Waals surface area contributed by atoms with Crippen molar-refractivity contribution >= 4 is 11.6 Å². The van der Waals surface area contributed by atoms with Crippen LogP contribution in [-0.2, 0) is 11.3 Å². The molecule has 0 bridgehead atoms. The second-order valence-corrected chi connectivity index (χ2v) is 5.83. The standard InChI is InChI=1S/C18H19ClN4O/c1-24-12-17(14-4-6-16(19)7-5-14)22-11-15-3-2-8-21-18(15)23-10-9-20-13-23/h2-10,13,17,22H,11-12H2,1H3. The van der Waals surface area contributed by atoms with E-state index in [1.54, 1.807) is 25.8 Å². The van der Waals surface area contributed by atoms with Crippen LogP contribution in [0.5, 0.6) is 0 Å². The van der Waals surface area contributed by atoms with Crippen LogP contribution in [0, 0.1) is 0 Å². The molecule has 1 N–H and O–H groups in total. The maximum absolute atomic E-state index is 5.98. The van der Waals surface area contributed by atoms with Crippen LogP contribution in [0.4, 0.5) is 0 Å². The Bertz CT molecular complexity index is 759. The Hall–Kier alpha value is -2.21. The van der Waals surface area contributed by atoms with Crippen LogP contribution in [0.25, 0.3) is 5.82 Å². The van der Waals surface area contributed by atoms with Crippen molar-refractivity contribution in [3.63, 3.8) is 0 Å². The molecule has 6 heteroatoms. The van der Waals surface area contributed by atoms with Gasteiger partial charge in [0.1, 0.15) is 12.1 Å². The number of ether oxygens (including phenoxy) is 1. The zero-order valence-corrected chi connectivity index (χ0v) is 14.1. The largest absolute Gasteiger partial charge is 0.383 e. The predicted octanol–water partition coefficient (Wildman–Crippen LogP) is 3.40. The van der Waals surface area contributed by atoms with E-state index in [4.69, 9.17) is 16.3 Å². The van der Waals surface area contributed by atoms with Crippen LogP contribution in [0.15, 0.2) is 61.3 Å². The minimum Gasteiger partial charge on any atom is -0.383 e. The van der Waals surface area contributed by atoms with Crippen LogP contribution in [0.2, 0.25) is 5.02 Å². The van der Waals surface area contributed by atoms with Gasteiger partial charge in [-0.25, -0.2) is 9.97 Å². The number of benzene rings is 1. The molecule has 3 rings (SSSR count). The summed E-state index contributed by atoms with van der Waals surface area (Å²) in [5.74, 6) is 0.870. The number of nitrogens with zero attached hydrogens (tertiary/aromatic N) is 3. The van der Waals surface area contributed by atoms with E-state index < -0.39 is 0 Å². The maximum atomic E-state index is 5.98. The first-order chi connectivity index (χ1) is 11.8. The normalized spacial score (nSPS) is 12.2. The molecule has 0 spiro atoms. The molecule has 2 aromatic heterocycles. The van der Waals surface area contributed by atoms with Crippen molar-refractivity contribution in [3.8, 4) is 5.82 Å². The van der Waals surface area contributed by atoms with E-state index in [9.17, 15) is 0 Å². The van der Waals surface area contributed by atoms with Gasteiger partial charge in [-0.2, -0.15) is 0 Å². The summed E-state index contributed by atoms with van der Waals surface area (Å²) in [6.07, 6.45) is 7.16. The third-order valence-electron chi connectivity index (χ3n) is 3.76. The van der Waals surface area contributed by atoms with E-state index in [1.807, 2.05) is 41.1 Å². The number of rotatable bonds is 7. The lowest BCUT2D eigenvalue weighted by Crippen LogP contribution is -2.25. The zero-order valence-electron chi connectivity index (χ0n) is 13.4. The van der Waals surface area contributed by atoms with Gasteiger partial charge >= 0.3 is 0 Å². The number of pyridine rings is 1. The fourth-order valence-electron chi connectivity index (χ4n) is 2.55. The van der Waals surface area contributed by atoms with Gasteiger partial charge in [0.25, 0.3) is 0 Å². The summed E-state index contributed by atoms with van der Waals surface area (Å²) < 4.78 is 7.26. The third-order valence-corrected chi connectivity index (χ3v) is 4.01. The summed E-state index contributed by atoms with van der Waals surface area (Å²) in [6, 6.07) is 11.9. The lowest BCUT2D eigenvalue weighted by Gasteiger charge is -2.19. The van der Waals surface area contributed by atoms with Crippen molar-refractivity contribution in [1.29, 1.82) is 0 Å². The quantitative estimate of drug-likeness (QED) is 0.715. The Balaban J connectivity index is 1.77. The van der Waals surface area contributed by atoms with Gasteiger partial charge in [0.2, 0.25) is 0 Å². The number of aromatic nitrogens is 3. The third kappa shape index (κ3) is 4.00. The first-order valence-corrected chi connectivity index (χ1v) is 8.05. The van der Waals surface area contributed by atoms with Gasteiger partial charge < -0.3 is 10.1 Å². The van der Waals surface area contributed by atoms with Crippen molar-refractivity contribution in [1.82, 2.24) is 19.9 Å². The van der Waals surface area contributed by atoms with E-state index in [0.29, 0.717) is 13.2 Å². The Labute approximate surface area is 146 Å². The highest BCUT2D eigenvalue weighted by Crippen LogP contribution is 2.18. The molecule has 0 amide bonds. The van der Waals surface area contributed by atoms with Crippen LogP contribution in [0.1, 0.15) is 17.2 Å². The molecule has 124 valence electrons. The average molecular weight is 343 g/mol. The highest BCUT2D eigenvalue weighted by molar-refractivity contribution is 6.30. The molecule has 2 heterocycles. The Morgan fingerprint density at radius 2 is 2.04 bits per heavy atom. The smallest absolute Gasteiger partial charge is 0.142 e. The summed E-state index contributed by atoms with van der Waals surface area (Å²) in [6.45, 7) is 1.24. The molecule has 5 nitrogen and oxygen atoms in total. The number of halogens is 1. The lowest BCUT2D eigenvalue weighted by molar-refractivity contribution is 0.166. The van der Waals surface area contributed by atoms with E-state index in [0.717, 1.165) is 22.0 Å². The number of hydrogen-bond acceptors (Lipinski definition) is 4. The molecule has 0 aliphatic rings. The second-order valence-electron chi connectivity index (χ2n) is 5.40. The average Bonchev–Trinajstić information content (AvgIpc) is 3.14. The fourth-order valence-corrected chi connectivity index (χ4v) is 2.68. The molecule has 1 unspecified atom stereocenters. The first-order valence-electron chi connectivity index (χ1n) is 7.68. The van der Waals surface area contributed by atoms with Gasteiger partial charge in [0, 0.05) is 42.8 Å². The molecular formula is C18H19ClN4O. The summed E-state index contributed by atoms with van der Waals surface area (Å²) in [5.41, 5.74) is 2.22. The van der Waals surface area contributed by atoms with E-state index in [2.05, 4.69) is 21.4 Å². The molecule has 0 aliphatic carbocycles.